The van der Waals surface area contributed by atoms with Crippen LogP contribution in [-0.2, 0) is 9.31 Å². The fourth-order valence-electron chi connectivity index (χ4n) is 2.06. The molecule has 0 spiro atoms. The Morgan fingerprint density at radius 2 is 1.86 bits per heavy atom. The second-order valence-corrected chi connectivity index (χ2v) is 6.21. The summed E-state index contributed by atoms with van der Waals surface area (Å²) in [7, 11) is -0.678. The van der Waals surface area contributed by atoms with Crippen LogP contribution in [0.2, 0.25) is 0 Å². The highest BCUT2D eigenvalue weighted by molar-refractivity contribution is 6.55. The van der Waals surface area contributed by atoms with Crippen molar-refractivity contribution in [1.82, 2.24) is 0 Å². The van der Waals surface area contributed by atoms with E-state index in [1.807, 2.05) is 27.7 Å². The summed E-state index contributed by atoms with van der Waals surface area (Å²) < 4.78 is 25.2. The van der Waals surface area contributed by atoms with E-state index in [1.165, 1.54) is 6.07 Å². The third-order valence-electron chi connectivity index (χ3n) is 4.17. The van der Waals surface area contributed by atoms with Gasteiger partial charge in [0.25, 0.3) is 0 Å². The molecule has 0 aliphatic carbocycles. The van der Waals surface area contributed by atoms with Gasteiger partial charge in [-0.05, 0) is 44.8 Å². The maximum atomic E-state index is 13.5. The van der Waals surface area contributed by atoms with Crippen molar-refractivity contribution in [2.45, 2.75) is 38.9 Å². The zero-order valence-electron chi connectivity index (χ0n) is 12.8. The summed E-state index contributed by atoms with van der Waals surface area (Å²) in [6.07, 6.45) is 1.61. The van der Waals surface area contributed by atoms with Gasteiger partial charge in [0.05, 0.1) is 23.5 Å². The van der Waals surface area contributed by atoms with E-state index in [-0.39, 0.29) is 12.3 Å². The Labute approximate surface area is 124 Å². The first-order valence-corrected chi connectivity index (χ1v) is 6.89. The number of aliphatic hydroxyl groups is 1. The van der Waals surface area contributed by atoms with E-state index in [2.05, 4.69) is 0 Å². The molecule has 3 N–H and O–H groups in total. The lowest BCUT2D eigenvalue weighted by atomic mass is 9.77. The predicted molar refractivity (Wildman–Crippen MR) is 82.0 cm³/mol. The molecular formula is C15H21BFNO3. The van der Waals surface area contributed by atoms with Gasteiger partial charge in [-0.2, -0.15) is 0 Å². The molecule has 0 aromatic heterocycles. The zero-order chi connectivity index (χ0) is 15.8. The Morgan fingerprint density at radius 3 is 2.38 bits per heavy atom. The quantitative estimate of drug-likeness (QED) is 0.663. The van der Waals surface area contributed by atoms with Crippen LogP contribution in [0.25, 0.3) is 6.08 Å². The van der Waals surface area contributed by atoms with Gasteiger partial charge in [-0.1, -0.05) is 18.2 Å². The van der Waals surface area contributed by atoms with Crippen molar-refractivity contribution >= 4 is 18.9 Å². The van der Waals surface area contributed by atoms with E-state index >= 15 is 0 Å². The first-order valence-electron chi connectivity index (χ1n) is 6.89. The minimum absolute atomic E-state index is 0.0416. The number of rotatable bonds is 3. The molecule has 0 unspecified atom stereocenters. The number of halogens is 1. The SMILES string of the molecule is CC1(C)OB(C(=Cc2cccc(F)c2N)CO)OC1(C)C. The fraction of sp³-hybridized carbons (Fsp3) is 0.467. The van der Waals surface area contributed by atoms with Gasteiger partial charge >= 0.3 is 7.12 Å². The topological polar surface area (TPSA) is 64.7 Å². The number of anilines is 1. The van der Waals surface area contributed by atoms with Crippen LogP contribution in [-0.4, -0.2) is 30.0 Å². The summed E-state index contributed by atoms with van der Waals surface area (Å²) >= 11 is 0. The third-order valence-corrected chi connectivity index (χ3v) is 4.17. The van der Waals surface area contributed by atoms with Crippen molar-refractivity contribution in [3.05, 3.63) is 35.1 Å². The Morgan fingerprint density at radius 1 is 1.29 bits per heavy atom. The van der Waals surface area contributed by atoms with Crippen molar-refractivity contribution in [1.29, 1.82) is 0 Å². The van der Waals surface area contributed by atoms with Crippen LogP contribution in [0.3, 0.4) is 0 Å². The second-order valence-electron chi connectivity index (χ2n) is 6.21. The summed E-state index contributed by atoms with van der Waals surface area (Å²) in [6.45, 7) is 7.46. The number of nitrogens with two attached hydrogens (primary N) is 1. The van der Waals surface area contributed by atoms with Crippen molar-refractivity contribution in [2.75, 3.05) is 12.3 Å². The van der Waals surface area contributed by atoms with Crippen molar-refractivity contribution in [2.24, 2.45) is 0 Å². The lowest BCUT2D eigenvalue weighted by Gasteiger charge is -2.32. The molecule has 1 fully saturated rings. The second kappa shape index (κ2) is 5.44. The van der Waals surface area contributed by atoms with Crippen LogP contribution >= 0.6 is 0 Å². The molecule has 4 nitrogen and oxygen atoms in total. The van der Waals surface area contributed by atoms with Crippen LogP contribution in [0, 0.1) is 5.82 Å². The molecule has 1 aromatic carbocycles. The van der Waals surface area contributed by atoms with E-state index in [9.17, 15) is 9.50 Å². The van der Waals surface area contributed by atoms with E-state index < -0.39 is 24.1 Å². The average Bonchev–Trinajstić information content (AvgIpc) is 2.60. The molecule has 0 atom stereocenters. The molecule has 1 aliphatic rings. The smallest absolute Gasteiger partial charge is 0.400 e. The number of hydrogen-bond acceptors (Lipinski definition) is 4. The van der Waals surface area contributed by atoms with Gasteiger partial charge in [-0.15, -0.1) is 0 Å². The molecule has 1 aromatic rings. The molecular weight excluding hydrogens is 272 g/mol. The van der Waals surface area contributed by atoms with Crippen molar-refractivity contribution in [3.63, 3.8) is 0 Å². The van der Waals surface area contributed by atoms with E-state index in [0.717, 1.165) is 0 Å². The summed E-state index contributed by atoms with van der Waals surface area (Å²) in [4.78, 5) is 0. The molecule has 1 saturated heterocycles. The van der Waals surface area contributed by atoms with Gasteiger partial charge in [0.2, 0.25) is 0 Å². The molecule has 0 radical (unpaired) electrons. The summed E-state index contributed by atoms with van der Waals surface area (Å²) in [5, 5.41) is 9.59. The molecule has 114 valence electrons. The van der Waals surface area contributed by atoms with Gasteiger partial charge in [0, 0.05) is 0 Å². The molecule has 1 heterocycles. The fourth-order valence-corrected chi connectivity index (χ4v) is 2.06. The number of aliphatic hydroxyl groups excluding tert-OH is 1. The third kappa shape index (κ3) is 2.97. The Hall–Kier alpha value is -1.37. The minimum atomic E-state index is -0.678. The summed E-state index contributed by atoms with van der Waals surface area (Å²) in [5.41, 5.74) is 5.75. The Kier molecular flexibility index (Phi) is 4.15. The van der Waals surface area contributed by atoms with Crippen molar-refractivity contribution < 1.29 is 18.8 Å². The number of para-hydroxylation sites is 1. The molecule has 21 heavy (non-hydrogen) atoms. The molecule has 0 amide bonds. The van der Waals surface area contributed by atoms with Crippen LogP contribution in [0.15, 0.2) is 23.7 Å². The van der Waals surface area contributed by atoms with Crippen LogP contribution < -0.4 is 5.73 Å². The summed E-state index contributed by atoms with van der Waals surface area (Å²) in [5.74, 6) is -0.491. The highest BCUT2D eigenvalue weighted by atomic mass is 19.1. The van der Waals surface area contributed by atoms with E-state index in [0.29, 0.717) is 11.0 Å². The van der Waals surface area contributed by atoms with Crippen LogP contribution in [0.5, 0.6) is 0 Å². The lowest BCUT2D eigenvalue weighted by molar-refractivity contribution is 0.00578. The monoisotopic (exact) mass is 293 g/mol. The Balaban J connectivity index is 2.33. The standard InChI is InChI=1S/C15H21BFNO3/c1-14(2)15(3,4)21-16(20-14)11(9-19)8-10-6-5-7-12(17)13(10)18/h5-8,19H,9,18H2,1-4H3. The molecule has 0 bridgehead atoms. The normalized spacial score (nSPS) is 20.9. The largest absolute Gasteiger partial charge is 0.492 e. The van der Waals surface area contributed by atoms with Gasteiger partial charge in [0.15, 0.2) is 0 Å². The first kappa shape index (κ1) is 16.0. The van der Waals surface area contributed by atoms with Crippen LogP contribution in [0.4, 0.5) is 10.1 Å². The van der Waals surface area contributed by atoms with E-state index in [4.69, 9.17) is 15.0 Å². The van der Waals surface area contributed by atoms with Gasteiger partial charge < -0.3 is 20.1 Å². The molecule has 1 aliphatic heterocycles. The summed E-state index contributed by atoms with van der Waals surface area (Å²) in [6, 6.07) is 4.54. The van der Waals surface area contributed by atoms with Crippen LogP contribution in [0.1, 0.15) is 33.3 Å². The number of nitrogen functional groups attached to an aromatic ring is 1. The van der Waals surface area contributed by atoms with E-state index in [1.54, 1.807) is 18.2 Å². The van der Waals surface area contributed by atoms with Crippen molar-refractivity contribution in [3.8, 4) is 0 Å². The van der Waals surface area contributed by atoms with Gasteiger partial charge in [-0.3, -0.25) is 0 Å². The maximum Gasteiger partial charge on any atom is 0.492 e. The molecule has 2 rings (SSSR count). The Bertz CT molecular complexity index is 556. The zero-order valence-corrected chi connectivity index (χ0v) is 12.8. The average molecular weight is 293 g/mol. The van der Waals surface area contributed by atoms with Gasteiger partial charge in [0.1, 0.15) is 5.82 Å². The first-order chi connectivity index (χ1) is 9.68. The lowest BCUT2D eigenvalue weighted by Crippen LogP contribution is -2.41. The predicted octanol–water partition coefficient (Wildman–Crippen LogP) is 2.42. The maximum absolute atomic E-state index is 13.5. The number of benzene rings is 1. The highest BCUT2D eigenvalue weighted by Gasteiger charge is 2.52. The molecule has 0 saturated carbocycles. The number of hydrogen-bond donors (Lipinski definition) is 2. The molecule has 6 heteroatoms. The van der Waals surface area contributed by atoms with Gasteiger partial charge in [-0.25, -0.2) is 4.39 Å². The minimum Gasteiger partial charge on any atom is -0.400 e. The highest BCUT2D eigenvalue weighted by Crippen LogP contribution is 2.38.